The van der Waals surface area contributed by atoms with Gasteiger partial charge in [-0.25, -0.2) is 9.97 Å². The second-order valence-corrected chi connectivity index (χ2v) is 5.98. The summed E-state index contributed by atoms with van der Waals surface area (Å²) in [4.78, 5) is 9.50. The quantitative estimate of drug-likeness (QED) is 0.560. The van der Waals surface area contributed by atoms with E-state index in [1.807, 2.05) is 66.7 Å². The molecule has 0 amide bonds. The molecule has 1 N–H and O–H groups in total. The summed E-state index contributed by atoms with van der Waals surface area (Å²) in [5.74, 6) is 2.35. The predicted molar refractivity (Wildman–Crippen MR) is 105 cm³/mol. The molecule has 0 aliphatic rings. The Morgan fingerprint density at radius 2 is 1.54 bits per heavy atom. The molecule has 0 unspecified atom stereocenters. The molecular weight excluding hydrogens is 322 g/mol. The highest BCUT2D eigenvalue weighted by Gasteiger charge is 2.09. The Bertz CT molecular complexity index is 1010. The van der Waals surface area contributed by atoms with E-state index in [0.717, 1.165) is 28.0 Å². The van der Waals surface area contributed by atoms with Crippen molar-refractivity contribution in [3.8, 4) is 17.1 Å². The van der Waals surface area contributed by atoms with Crippen LogP contribution in [0.5, 0.6) is 5.75 Å². The molecule has 0 atom stereocenters. The van der Waals surface area contributed by atoms with Gasteiger partial charge in [-0.2, -0.15) is 0 Å². The normalized spacial score (nSPS) is 10.7. The van der Waals surface area contributed by atoms with Gasteiger partial charge in [-0.3, -0.25) is 0 Å². The Hall–Kier alpha value is -3.40. The first-order valence-electron chi connectivity index (χ1n) is 8.52. The number of aromatic nitrogens is 2. The molecule has 4 nitrogen and oxygen atoms in total. The summed E-state index contributed by atoms with van der Waals surface area (Å²) in [6, 6.07) is 26.1. The lowest BCUT2D eigenvalue weighted by Gasteiger charge is -2.11. The van der Waals surface area contributed by atoms with Crippen LogP contribution >= 0.6 is 0 Å². The van der Waals surface area contributed by atoms with Gasteiger partial charge >= 0.3 is 0 Å². The van der Waals surface area contributed by atoms with Crippen LogP contribution in [0.2, 0.25) is 0 Å². The van der Waals surface area contributed by atoms with Gasteiger partial charge in [0.25, 0.3) is 0 Å². The summed E-state index contributed by atoms with van der Waals surface area (Å²) in [5, 5.41) is 4.48. The molecule has 0 saturated carbocycles. The number of ether oxygens (including phenoxy) is 1. The third-order valence-corrected chi connectivity index (χ3v) is 4.25. The van der Waals surface area contributed by atoms with Gasteiger partial charge in [-0.1, -0.05) is 42.5 Å². The molecule has 128 valence electrons. The van der Waals surface area contributed by atoms with Gasteiger partial charge in [0.2, 0.25) is 0 Å². The molecule has 0 saturated heterocycles. The van der Waals surface area contributed by atoms with Gasteiger partial charge < -0.3 is 10.1 Å². The second-order valence-electron chi connectivity index (χ2n) is 5.98. The SMILES string of the molecule is COc1ccc(-c2nc(NCc3ccccc3)c3ccccc3n2)cc1. The van der Waals surface area contributed by atoms with Crippen molar-refractivity contribution in [3.63, 3.8) is 0 Å². The van der Waals surface area contributed by atoms with Crippen molar-refractivity contribution >= 4 is 16.7 Å². The minimum Gasteiger partial charge on any atom is -0.497 e. The van der Waals surface area contributed by atoms with Gasteiger partial charge in [-0.15, -0.1) is 0 Å². The third-order valence-electron chi connectivity index (χ3n) is 4.25. The van der Waals surface area contributed by atoms with E-state index in [1.165, 1.54) is 5.56 Å². The number of fused-ring (bicyclic) bond motifs is 1. The Balaban J connectivity index is 1.72. The Labute approximate surface area is 152 Å². The van der Waals surface area contributed by atoms with Crippen LogP contribution in [0.4, 0.5) is 5.82 Å². The molecule has 26 heavy (non-hydrogen) atoms. The summed E-state index contributed by atoms with van der Waals surface area (Å²) >= 11 is 0. The molecule has 0 aliphatic carbocycles. The fourth-order valence-corrected chi connectivity index (χ4v) is 2.86. The van der Waals surface area contributed by atoms with E-state index >= 15 is 0 Å². The standard InChI is InChI=1S/C22H19N3O/c1-26-18-13-11-17(12-14-18)21-24-20-10-6-5-9-19(20)22(25-21)23-15-16-7-3-2-4-8-16/h2-14H,15H2,1H3,(H,23,24,25). The summed E-state index contributed by atoms with van der Waals surface area (Å²) in [6.07, 6.45) is 0. The highest BCUT2D eigenvalue weighted by molar-refractivity contribution is 5.90. The molecule has 0 fully saturated rings. The highest BCUT2D eigenvalue weighted by atomic mass is 16.5. The molecule has 0 radical (unpaired) electrons. The Kier molecular flexibility index (Phi) is 4.48. The minimum absolute atomic E-state index is 0.696. The van der Waals surface area contributed by atoms with Crippen molar-refractivity contribution in [2.45, 2.75) is 6.54 Å². The Morgan fingerprint density at radius 1 is 0.808 bits per heavy atom. The van der Waals surface area contributed by atoms with Gasteiger partial charge in [0.1, 0.15) is 11.6 Å². The van der Waals surface area contributed by atoms with E-state index in [-0.39, 0.29) is 0 Å². The highest BCUT2D eigenvalue weighted by Crippen LogP contribution is 2.26. The summed E-state index contributed by atoms with van der Waals surface area (Å²) < 4.78 is 5.23. The first-order chi connectivity index (χ1) is 12.8. The first kappa shape index (κ1) is 16.1. The summed E-state index contributed by atoms with van der Waals surface area (Å²) in [6.45, 7) is 0.712. The van der Waals surface area contributed by atoms with E-state index < -0.39 is 0 Å². The van der Waals surface area contributed by atoms with E-state index in [1.54, 1.807) is 7.11 Å². The third kappa shape index (κ3) is 3.35. The molecular formula is C22H19N3O. The smallest absolute Gasteiger partial charge is 0.162 e. The molecule has 0 bridgehead atoms. The number of anilines is 1. The largest absolute Gasteiger partial charge is 0.497 e. The maximum absolute atomic E-state index is 5.23. The molecule has 0 aliphatic heterocycles. The van der Waals surface area contributed by atoms with Gasteiger partial charge in [0.05, 0.1) is 12.6 Å². The van der Waals surface area contributed by atoms with Crippen LogP contribution in [-0.4, -0.2) is 17.1 Å². The average Bonchev–Trinajstić information content (AvgIpc) is 2.72. The van der Waals surface area contributed by atoms with E-state index in [0.29, 0.717) is 12.4 Å². The monoisotopic (exact) mass is 341 g/mol. The summed E-state index contributed by atoms with van der Waals surface area (Å²) in [5.41, 5.74) is 3.09. The Morgan fingerprint density at radius 3 is 2.31 bits per heavy atom. The first-order valence-corrected chi connectivity index (χ1v) is 8.52. The zero-order chi connectivity index (χ0) is 17.8. The minimum atomic E-state index is 0.696. The fourth-order valence-electron chi connectivity index (χ4n) is 2.86. The van der Waals surface area contributed by atoms with Crippen molar-refractivity contribution in [2.75, 3.05) is 12.4 Å². The predicted octanol–water partition coefficient (Wildman–Crippen LogP) is 4.92. The lowest BCUT2D eigenvalue weighted by molar-refractivity contribution is 0.415. The van der Waals surface area contributed by atoms with Crippen LogP contribution < -0.4 is 10.1 Å². The maximum atomic E-state index is 5.23. The molecule has 3 aromatic carbocycles. The lowest BCUT2D eigenvalue weighted by Crippen LogP contribution is -2.04. The van der Waals surface area contributed by atoms with Crippen molar-refractivity contribution in [2.24, 2.45) is 0 Å². The molecule has 1 heterocycles. The van der Waals surface area contributed by atoms with Gasteiger partial charge in [-0.05, 0) is 42.0 Å². The number of hydrogen-bond acceptors (Lipinski definition) is 4. The number of nitrogens with zero attached hydrogens (tertiary/aromatic N) is 2. The van der Waals surface area contributed by atoms with Crippen LogP contribution in [0.25, 0.3) is 22.3 Å². The molecule has 1 aromatic heterocycles. The zero-order valence-electron chi connectivity index (χ0n) is 14.5. The van der Waals surface area contributed by atoms with Crippen LogP contribution in [0.3, 0.4) is 0 Å². The van der Waals surface area contributed by atoms with Crippen molar-refractivity contribution in [1.29, 1.82) is 0 Å². The number of rotatable bonds is 5. The second kappa shape index (κ2) is 7.23. The number of methoxy groups -OCH3 is 1. The molecule has 4 rings (SSSR count). The van der Waals surface area contributed by atoms with E-state index in [9.17, 15) is 0 Å². The van der Waals surface area contributed by atoms with E-state index in [2.05, 4.69) is 17.4 Å². The average molecular weight is 341 g/mol. The van der Waals surface area contributed by atoms with Gasteiger partial charge in [0.15, 0.2) is 5.82 Å². The van der Waals surface area contributed by atoms with Crippen LogP contribution in [-0.2, 0) is 6.54 Å². The van der Waals surface area contributed by atoms with Crippen LogP contribution in [0, 0.1) is 0 Å². The number of benzene rings is 3. The number of para-hydroxylation sites is 1. The number of hydrogen-bond donors (Lipinski definition) is 1. The fraction of sp³-hybridized carbons (Fsp3) is 0.0909. The van der Waals surface area contributed by atoms with E-state index in [4.69, 9.17) is 14.7 Å². The van der Waals surface area contributed by atoms with Crippen LogP contribution in [0.15, 0.2) is 78.9 Å². The zero-order valence-corrected chi connectivity index (χ0v) is 14.5. The molecule has 4 heteroatoms. The topological polar surface area (TPSA) is 47.0 Å². The van der Waals surface area contributed by atoms with Crippen molar-refractivity contribution in [1.82, 2.24) is 9.97 Å². The molecule has 0 spiro atoms. The lowest BCUT2D eigenvalue weighted by atomic mass is 10.1. The van der Waals surface area contributed by atoms with Gasteiger partial charge in [0, 0.05) is 17.5 Å². The van der Waals surface area contributed by atoms with Crippen molar-refractivity contribution in [3.05, 3.63) is 84.4 Å². The summed E-state index contributed by atoms with van der Waals surface area (Å²) in [7, 11) is 1.66. The molecule has 4 aromatic rings. The van der Waals surface area contributed by atoms with Crippen LogP contribution in [0.1, 0.15) is 5.56 Å². The maximum Gasteiger partial charge on any atom is 0.162 e. The number of nitrogens with one attached hydrogen (secondary N) is 1. The van der Waals surface area contributed by atoms with Crippen molar-refractivity contribution < 1.29 is 4.74 Å².